The lowest BCUT2D eigenvalue weighted by Gasteiger charge is -2.23. The van der Waals surface area contributed by atoms with Crippen molar-refractivity contribution in [2.45, 2.75) is 32.1 Å². The molecule has 0 radical (unpaired) electrons. The van der Waals surface area contributed by atoms with Gasteiger partial charge in [-0.2, -0.15) is 0 Å². The number of anilines is 1. The molecule has 0 bridgehead atoms. The highest BCUT2D eigenvalue weighted by atomic mass is 16.5. The Kier molecular flexibility index (Phi) is 5.11. The van der Waals surface area contributed by atoms with Crippen LogP contribution in [0.4, 0.5) is 5.69 Å². The van der Waals surface area contributed by atoms with Crippen molar-refractivity contribution in [2.75, 3.05) is 37.9 Å². The Morgan fingerprint density at radius 3 is 3.05 bits per heavy atom. The van der Waals surface area contributed by atoms with Crippen molar-refractivity contribution in [2.24, 2.45) is 5.92 Å². The Bertz CT molecular complexity index is 511. The van der Waals surface area contributed by atoms with Gasteiger partial charge in [-0.1, -0.05) is 25.1 Å². The zero-order valence-corrected chi connectivity index (χ0v) is 13.3. The van der Waals surface area contributed by atoms with E-state index in [1.54, 1.807) is 0 Å². The van der Waals surface area contributed by atoms with Crippen LogP contribution in [0.3, 0.4) is 0 Å². The van der Waals surface area contributed by atoms with Crippen LogP contribution in [0.15, 0.2) is 24.3 Å². The summed E-state index contributed by atoms with van der Waals surface area (Å²) in [6, 6.07) is 8.26. The molecule has 2 heterocycles. The highest BCUT2D eigenvalue weighted by molar-refractivity contribution is 5.95. The topological polar surface area (TPSA) is 38.8 Å². The summed E-state index contributed by atoms with van der Waals surface area (Å²) in [5, 5.41) is 0. The fourth-order valence-electron chi connectivity index (χ4n) is 3.35. The van der Waals surface area contributed by atoms with Crippen LogP contribution in [0, 0.1) is 5.92 Å². The SMILES string of the molecule is C[C@H]1CCCN(C(=O)COC[C@H]2CCOC2)c2ccccc21. The molecule has 1 fully saturated rings. The first-order chi connectivity index (χ1) is 10.8. The number of para-hydroxylation sites is 1. The standard InChI is InChI=1S/C18H25NO3/c1-14-5-4-9-19(17-7-3-2-6-16(14)17)18(20)13-22-12-15-8-10-21-11-15/h2-3,6-7,14-15H,4-5,8-13H2,1H3/t14-,15-/m0/s1. The van der Waals surface area contributed by atoms with Crippen LogP contribution in [-0.2, 0) is 14.3 Å². The molecule has 0 saturated carbocycles. The van der Waals surface area contributed by atoms with E-state index < -0.39 is 0 Å². The molecule has 0 spiro atoms. The van der Waals surface area contributed by atoms with Gasteiger partial charge in [-0.25, -0.2) is 0 Å². The number of rotatable bonds is 4. The van der Waals surface area contributed by atoms with E-state index in [0.29, 0.717) is 18.4 Å². The van der Waals surface area contributed by atoms with Gasteiger partial charge < -0.3 is 14.4 Å². The monoisotopic (exact) mass is 303 g/mol. The van der Waals surface area contributed by atoms with E-state index in [4.69, 9.17) is 9.47 Å². The lowest BCUT2D eigenvalue weighted by Crippen LogP contribution is -2.35. The van der Waals surface area contributed by atoms with Crippen LogP contribution < -0.4 is 4.90 Å². The highest BCUT2D eigenvalue weighted by Crippen LogP contribution is 2.33. The number of benzene rings is 1. The number of hydrogen-bond acceptors (Lipinski definition) is 3. The van der Waals surface area contributed by atoms with Crippen molar-refractivity contribution in [1.29, 1.82) is 0 Å². The quantitative estimate of drug-likeness (QED) is 0.858. The van der Waals surface area contributed by atoms with E-state index in [0.717, 1.165) is 44.7 Å². The Hall–Kier alpha value is -1.39. The van der Waals surface area contributed by atoms with Gasteiger partial charge in [0.25, 0.3) is 5.91 Å². The Morgan fingerprint density at radius 2 is 2.23 bits per heavy atom. The molecule has 22 heavy (non-hydrogen) atoms. The van der Waals surface area contributed by atoms with Gasteiger partial charge in [0.1, 0.15) is 6.61 Å². The molecule has 3 rings (SSSR count). The molecule has 1 aromatic rings. The molecule has 0 aromatic heterocycles. The lowest BCUT2D eigenvalue weighted by molar-refractivity contribution is -0.123. The second kappa shape index (κ2) is 7.25. The van der Waals surface area contributed by atoms with Gasteiger partial charge in [-0.05, 0) is 36.8 Å². The lowest BCUT2D eigenvalue weighted by atomic mass is 9.96. The predicted molar refractivity (Wildman–Crippen MR) is 86.2 cm³/mol. The minimum atomic E-state index is 0.0699. The van der Waals surface area contributed by atoms with E-state index in [9.17, 15) is 4.79 Å². The van der Waals surface area contributed by atoms with Crippen molar-refractivity contribution >= 4 is 11.6 Å². The number of hydrogen-bond donors (Lipinski definition) is 0. The number of fused-ring (bicyclic) bond motifs is 1. The zero-order chi connectivity index (χ0) is 15.4. The molecule has 1 aromatic carbocycles. The van der Waals surface area contributed by atoms with E-state index in [2.05, 4.69) is 25.1 Å². The Balaban J connectivity index is 1.62. The van der Waals surface area contributed by atoms with Crippen LogP contribution in [0.5, 0.6) is 0 Å². The summed E-state index contributed by atoms with van der Waals surface area (Å²) in [5.74, 6) is 1.02. The minimum absolute atomic E-state index is 0.0699. The maximum absolute atomic E-state index is 12.6. The molecule has 0 aliphatic carbocycles. The van der Waals surface area contributed by atoms with Crippen LogP contribution in [0.1, 0.15) is 37.7 Å². The normalized spacial score (nSPS) is 24.9. The van der Waals surface area contributed by atoms with Gasteiger partial charge in [0.15, 0.2) is 0 Å². The highest BCUT2D eigenvalue weighted by Gasteiger charge is 2.24. The second-order valence-electron chi connectivity index (χ2n) is 6.39. The molecule has 120 valence electrons. The van der Waals surface area contributed by atoms with Gasteiger partial charge in [-0.15, -0.1) is 0 Å². The molecule has 1 amide bonds. The summed E-state index contributed by atoms with van der Waals surface area (Å²) in [5.41, 5.74) is 2.34. The van der Waals surface area contributed by atoms with Gasteiger partial charge >= 0.3 is 0 Å². The third-order valence-corrected chi connectivity index (χ3v) is 4.68. The van der Waals surface area contributed by atoms with Crippen molar-refractivity contribution in [1.82, 2.24) is 0 Å². The number of ether oxygens (including phenoxy) is 2. The van der Waals surface area contributed by atoms with E-state index in [-0.39, 0.29) is 12.5 Å². The Labute approximate surface area is 132 Å². The maximum Gasteiger partial charge on any atom is 0.252 e. The third-order valence-electron chi connectivity index (χ3n) is 4.68. The van der Waals surface area contributed by atoms with Crippen LogP contribution in [-0.4, -0.2) is 38.9 Å². The average Bonchev–Trinajstić information content (AvgIpc) is 2.98. The maximum atomic E-state index is 12.6. The fraction of sp³-hybridized carbons (Fsp3) is 0.611. The summed E-state index contributed by atoms with van der Waals surface area (Å²) < 4.78 is 11.0. The summed E-state index contributed by atoms with van der Waals surface area (Å²) in [6.45, 7) is 5.40. The first kappa shape index (κ1) is 15.5. The summed E-state index contributed by atoms with van der Waals surface area (Å²) in [6.07, 6.45) is 3.21. The van der Waals surface area contributed by atoms with Crippen LogP contribution in [0.2, 0.25) is 0 Å². The minimum Gasteiger partial charge on any atom is -0.381 e. The molecular weight excluding hydrogens is 278 g/mol. The van der Waals surface area contributed by atoms with Crippen molar-refractivity contribution in [3.63, 3.8) is 0 Å². The van der Waals surface area contributed by atoms with E-state index >= 15 is 0 Å². The number of carbonyl (C=O) groups is 1. The summed E-state index contributed by atoms with van der Waals surface area (Å²) >= 11 is 0. The first-order valence-corrected chi connectivity index (χ1v) is 8.30. The number of amides is 1. The molecule has 4 nitrogen and oxygen atoms in total. The molecular formula is C18H25NO3. The fourth-order valence-corrected chi connectivity index (χ4v) is 3.35. The number of carbonyl (C=O) groups excluding carboxylic acids is 1. The molecule has 2 aliphatic heterocycles. The van der Waals surface area contributed by atoms with E-state index in [1.165, 1.54) is 5.56 Å². The van der Waals surface area contributed by atoms with Crippen molar-refractivity contribution in [3.8, 4) is 0 Å². The average molecular weight is 303 g/mol. The second-order valence-corrected chi connectivity index (χ2v) is 6.39. The smallest absolute Gasteiger partial charge is 0.252 e. The Morgan fingerprint density at radius 1 is 1.36 bits per heavy atom. The van der Waals surface area contributed by atoms with Crippen molar-refractivity contribution in [3.05, 3.63) is 29.8 Å². The largest absolute Gasteiger partial charge is 0.381 e. The summed E-state index contributed by atoms with van der Waals surface area (Å²) in [4.78, 5) is 14.5. The van der Waals surface area contributed by atoms with Crippen LogP contribution in [0.25, 0.3) is 0 Å². The van der Waals surface area contributed by atoms with Crippen molar-refractivity contribution < 1.29 is 14.3 Å². The predicted octanol–water partition coefficient (Wildman–Crippen LogP) is 2.97. The molecule has 0 unspecified atom stereocenters. The third kappa shape index (κ3) is 3.50. The molecule has 1 saturated heterocycles. The van der Waals surface area contributed by atoms with Gasteiger partial charge in [-0.3, -0.25) is 4.79 Å². The number of nitrogens with zero attached hydrogens (tertiary/aromatic N) is 1. The zero-order valence-electron chi connectivity index (χ0n) is 13.3. The van der Waals surface area contributed by atoms with Gasteiger partial charge in [0.05, 0.1) is 13.2 Å². The van der Waals surface area contributed by atoms with Gasteiger partial charge in [0, 0.05) is 24.8 Å². The van der Waals surface area contributed by atoms with E-state index in [1.807, 2.05) is 11.0 Å². The molecule has 2 aliphatic rings. The summed E-state index contributed by atoms with van der Waals surface area (Å²) in [7, 11) is 0. The molecule has 2 atom stereocenters. The van der Waals surface area contributed by atoms with Crippen LogP contribution >= 0.6 is 0 Å². The van der Waals surface area contributed by atoms with Gasteiger partial charge in [0.2, 0.25) is 0 Å². The molecule has 0 N–H and O–H groups in total. The first-order valence-electron chi connectivity index (χ1n) is 8.30. The molecule has 4 heteroatoms.